The Kier molecular flexibility index (Phi) is 3.08. The van der Waals surface area contributed by atoms with E-state index in [9.17, 15) is 0 Å². The number of nitrogen functional groups attached to an aromatic ring is 1. The van der Waals surface area contributed by atoms with Crippen LogP contribution in [0.3, 0.4) is 0 Å². The molecule has 4 heteroatoms. The Morgan fingerprint density at radius 1 is 1.12 bits per heavy atom. The highest BCUT2D eigenvalue weighted by Crippen LogP contribution is 2.28. The fourth-order valence-corrected chi connectivity index (χ4v) is 1.83. The van der Waals surface area contributed by atoms with Gasteiger partial charge in [-0.3, -0.25) is 4.98 Å². The van der Waals surface area contributed by atoms with Crippen LogP contribution in [-0.2, 0) is 0 Å². The van der Waals surface area contributed by atoms with Crippen LogP contribution in [0.2, 0.25) is 5.02 Å². The molecule has 1 heterocycles. The molecule has 0 aliphatic carbocycles. The number of hydrogen-bond acceptors (Lipinski definition) is 3. The molecule has 1 aromatic heterocycles. The fraction of sp³-hybridized carbons (Fsp3) is 0.0833. The fourth-order valence-electron chi connectivity index (χ4n) is 1.57. The van der Waals surface area contributed by atoms with Crippen molar-refractivity contribution in [3.05, 3.63) is 58.9 Å². The number of pyridine rings is 1. The Morgan fingerprint density at radius 3 is 2.56 bits per heavy atom. The van der Waals surface area contributed by atoms with Crippen molar-refractivity contribution in [1.82, 2.24) is 4.98 Å². The summed E-state index contributed by atoms with van der Waals surface area (Å²) in [7, 11) is 0. The van der Waals surface area contributed by atoms with Gasteiger partial charge in [-0.05, 0) is 17.7 Å². The van der Waals surface area contributed by atoms with Gasteiger partial charge >= 0.3 is 0 Å². The van der Waals surface area contributed by atoms with Gasteiger partial charge in [-0.1, -0.05) is 29.8 Å². The molecule has 1 atom stereocenters. The number of hydrogen-bond donors (Lipinski definition) is 2. The molecule has 82 valence electrons. The Labute approximate surface area is 99.1 Å². The van der Waals surface area contributed by atoms with E-state index >= 15 is 0 Å². The first kappa shape index (κ1) is 10.9. The normalized spacial score (nSPS) is 12.4. The second-order valence-electron chi connectivity index (χ2n) is 3.50. The summed E-state index contributed by atoms with van der Waals surface area (Å²) in [5, 5.41) is 0.637. The third-order valence-electron chi connectivity index (χ3n) is 2.46. The second-order valence-corrected chi connectivity index (χ2v) is 3.91. The minimum absolute atomic E-state index is 0.345. The molecule has 0 amide bonds. The first-order chi connectivity index (χ1) is 7.70. The van der Waals surface area contributed by atoms with Gasteiger partial charge in [-0.15, -0.1) is 0 Å². The smallest absolute Gasteiger partial charge is 0.0602 e. The predicted molar refractivity (Wildman–Crippen MR) is 66.1 cm³/mol. The summed E-state index contributed by atoms with van der Waals surface area (Å²) in [6.07, 6.45) is 3.31. The lowest BCUT2D eigenvalue weighted by molar-refractivity contribution is 0.867. The summed E-state index contributed by atoms with van der Waals surface area (Å²) >= 11 is 6.08. The van der Waals surface area contributed by atoms with Crippen LogP contribution < -0.4 is 11.5 Å². The zero-order chi connectivity index (χ0) is 11.5. The maximum Gasteiger partial charge on any atom is 0.0602 e. The topological polar surface area (TPSA) is 64.9 Å². The van der Waals surface area contributed by atoms with Crippen molar-refractivity contribution < 1.29 is 0 Å². The average molecular weight is 234 g/mol. The number of benzene rings is 1. The largest absolute Gasteiger partial charge is 0.398 e. The number of anilines is 1. The molecule has 0 saturated carbocycles. The molecule has 2 aromatic rings. The van der Waals surface area contributed by atoms with Gasteiger partial charge < -0.3 is 11.5 Å². The molecule has 2 rings (SSSR count). The van der Waals surface area contributed by atoms with Gasteiger partial charge in [0.15, 0.2) is 0 Å². The minimum atomic E-state index is -0.345. The Morgan fingerprint density at radius 2 is 1.88 bits per heavy atom. The van der Waals surface area contributed by atoms with E-state index in [0.717, 1.165) is 11.1 Å². The molecule has 1 aromatic carbocycles. The van der Waals surface area contributed by atoms with Crippen molar-refractivity contribution in [3.8, 4) is 0 Å². The van der Waals surface area contributed by atoms with Crippen LogP contribution in [0.4, 0.5) is 5.69 Å². The summed E-state index contributed by atoms with van der Waals surface area (Å²) in [4.78, 5) is 4.02. The minimum Gasteiger partial charge on any atom is -0.398 e. The van der Waals surface area contributed by atoms with Crippen LogP contribution in [-0.4, -0.2) is 4.98 Å². The lowest BCUT2D eigenvalue weighted by Crippen LogP contribution is -2.14. The second kappa shape index (κ2) is 4.51. The highest BCUT2D eigenvalue weighted by molar-refractivity contribution is 6.31. The first-order valence-electron chi connectivity index (χ1n) is 4.89. The summed E-state index contributed by atoms with van der Waals surface area (Å²) in [5.74, 6) is 0. The van der Waals surface area contributed by atoms with Crippen LogP contribution in [0.25, 0.3) is 0 Å². The molecule has 0 saturated heterocycles. The maximum atomic E-state index is 6.11. The molecular weight excluding hydrogens is 222 g/mol. The molecule has 0 aliphatic rings. The maximum absolute atomic E-state index is 6.11. The third-order valence-corrected chi connectivity index (χ3v) is 2.81. The predicted octanol–water partition coefficient (Wildman–Crippen LogP) is 2.37. The van der Waals surface area contributed by atoms with E-state index < -0.39 is 0 Å². The SMILES string of the molecule is Nc1ccncc1C(N)c1ccccc1Cl. The van der Waals surface area contributed by atoms with Gasteiger partial charge in [0.2, 0.25) is 0 Å². The number of nitrogens with two attached hydrogens (primary N) is 2. The standard InChI is InChI=1S/C12H12ClN3/c13-10-4-2-1-3-8(10)12(15)9-7-16-6-5-11(9)14/h1-7,12H,15H2,(H2,14,16). The van der Waals surface area contributed by atoms with Crippen molar-refractivity contribution >= 4 is 17.3 Å². The monoisotopic (exact) mass is 233 g/mol. The third kappa shape index (κ3) is 2.01. The summed E-state index contributed by atoms with van der Waals surface area (Å²) < 4.78 is 0. The molecule has 0 spiro atoms. The van der Waals surface area contributed by atoms with E-state index in [1.54, 1.807) is 18.5 Å². The summed E-state index contributed by atoms with van der Waals surface area (Å²) in [6.45, 7) is 0. The van der Waals surface area contributed by atoms with Crippen molar-refractivity contribution in [2.24, 2.45) is 5.73 Å². The van der Waals surface area contributed by atoms with E-state index in [-0.39, 0.29) is 6.04 Å². The summed E-state index contributed by atoms with van der Waals surface area (Å²) in [5.41, 5.74) is 14.2. The molecule has 0 radical (unpaired) electrons. The Bertz CT molecular complexity index is 454. The quantitative estimate of drug-likeness (QED) is 0.837. The zero-order valence-electron chi connectivity index (χ0n) is 8.60. The van der Waals surface area contributed by atoms with Gasteiger partial charge in [0.25, 0.3) is 0 Å². The number of halogens is 1. The van der Waals surface area contributed by atoms with Crippen LogP contribution in [0.15, 0.2) is 42.7 Å². The van der Waals surface area contributed by atoms with Crippen LogP contribution in [0.5, 0.6) is 0 Å². The highest BCUT2D eigenvalue weighted by atomic mass is 35.5. The van der Waals surface area contributed by atoms with Gasteiger partial charge in [0.05, 0.1) is 6.04 Å². The summed E-state index contributed by atoms with van der Waals surface area (Å²) in [6, 6.07) is 8.84. The molecular formula is C12H12ClN3. The van der Waals surface area contributed by atoms with E-state index in [2.05, 4.69) is 4.98 Å². The molecule has 4 N–H and O–H groups in total. The van der Waals surface area contributed by atoms with Crippen molar-refractivity contribution in [3.63, 3.8) is 0 Å². The number of aromatic nitrogens is 1. The van der Waals surface area contributed by atoms with Crippen molar-refractivity contribution in [2.75, 3.05) is 5.73 Å². The Hall–Kier alpha value is -1.58. The van der Waals surface area contributed by atoms with E-state index in [4.69, 9.17) is 23.1 Å². The highest BCUT2D eigenvalue weighted by Gasteiger charge is 2.14. The lowest BCUT2D eigenvalue weighted by Gasteiger charge is -2.15. The molecule has 0 fully saturated rings. The number of rotatable bonds is 2. The van der Waals surface area contributed by atoms with E-state index in [1.807, 2.05) is 24.3 Å². The lowest BCUT2D eigenvalue weighted by atomic mass is 10.00. The van der Waals surface area contributed by atoms with Crippen LogP contribution >= 0.6 is 11.6 Å². The van der Waals surface area contributed by atoms with E-state index in [0.29, 0.717) is 10.7 Å². The molecule has 1 unspecified atom stereocenters. The number of nitrogens with zero attached hydrogens (tertiary/aromatic N) is 1. The van der Waals surface area contributed by atoms with Crippen molar-refractivity contribution in [2.45, 2.75) is 6.04 Å². The van der Waals surface area contributed by atoms with E-state index in [1.165, 1.54) is 0 Å². The van der Waals surface area contributed by atoms with Gasteiger partial charge in [-0.25, -0.2) is 0 Å². The van der Waals surface area contributed by atoms with Crippen molar-refractivity contribution in [1.29, 1.82) is 0 Å². The van der Waals surface area contributed by atoms with Crippen LogP contribution in [0, 0.1) is 0 Å². The van der Waals surface area contributed by atoms with Gasteiger partial charge in [0, 0.05) is 28.7 Å². The van der Waals surface area contributed by atoms with Gasteiger partial charge in [0.1, 0.15) is 0 Å². The molecule has 0 aliphatic heterocycles. The van der Waals surface area contributed by atoms with Crippen LogP contribution in [0.1, 0.15) is 17.2 Å². The molecule has 16 heavy (non-hydrogen) atoms. The zero-order valence-corrected chi connectivity index (χ0v) is 9.35. The van der Waals surface area contributed by atoms with Gasteiger partial charge in [-0.2, -0.15) is 0 Å². The first-order valence-corrected chi connectivity index (χ1v) is 5.27. The molecule has 0 bridgehead atoms. The molecule has 3 nitrogen and oxygen atoms in total. The average Bonchev–Trinajstić information content (AvgIpc) is 2.29. The Balaban J connectivity index is 2.44.